The summed E-state index contributed by atoms with van der Waals surface area (Å²) in [5.41, 5.74) is 33.4. The van der Waals surface area contributed by atoms with Gasteiger partial charge in [-0.15, -0.1) is 0 Å². The van der Waals surface area contributed by atoms with Gasteiger partial charge in [-0.05, 0) is 278 Å². The first-order valence-electron chi connectivity index (χ1n) is 38.7. The van der Waals surface area contributed by atoms with Gasteiger partial charge in [0.15, 0.2) is 0 Å². The summed E-state index contributed by atoms with van der Waals surface area (Å²) in [5.74, 6) is 1.25. The molecule has 0 aliphatic rings. The van der Waals surface area contributed by atoms with E-state index >= 15 is 0 Å². The molecule has 11 aromatic rings. The lowest BCUT2D eigenvalue weighted by molar-refractivity contribution is 0.439. The van der Waals surface area contributed by atoms with E-state index in [-0.39, 0.29) is 10.8 Å². The molecule has 0 aliphatic heterocycles. The van der Waals surface area contributed by atoms with Crippen molar-refractivity contribution in [3.8, 4) is 66.8 Å². The van der Waals surface area contributed by atoms with Crippen LogP contribution < -0.4 is 9.80 Å². The average Bonchev–Trinajstić information content (AvgIpc) is 0.769. The maximum Gasteiger partial charge on any atom is 0.0464 e. The Morgan fingerprint density at radius 3 is 0.851 bits per heavy atom. The summed E-state index contributed by atoms with van der Waals surface area (Å²) in [6.45, 7) is 32.5. The zero-order valence-corrected chi connectivity index (χ0v) is 63.7. The predicted octanol–water partition coefficient (Wildman–Crippen LogP) is 29.7. The quantitative estimate of drug-likeness (QED) is 0.0400. The number of hydrogen-bond donors (Lipinski definition) is 0. The van der Waals surface area contributed by atoms with Crippen molar-refractivity contribution >= 4 is 34.1 Å². The van der Waals surface area contributed by atoms with Crippen LogP contribution in [0.2, 0.25) is 0 Å². The molecule has 0 amide bonds. The molecule has 0 radical (unpaired) electrons. The smallest absolute Gasteiger partial charge is 0.0464 e. The van der Waals surface area contributed by atoms with E-state index in [0.29, 0.717) is 11.8 Å². The molecule has 520 valence electrons. The van der Waals surface area contributed by atoms with E-state index in [1.165, 1.54) is 150 Å². The van der Waals surface area contributed by atoms with Crippen molar-refractivity contribution in [1.29, 1.82) is 0 Å². The molecular weight excluding hydrogens is 1220 g/mol. The highest BCUT2D eigenvalue weighted by Crippen LogP contribution is 2.45. The maximum atomic E-state index is 2.62. The van der Waals surface area contributed by atoms with Crippen molar-refractivity contribution in [1.82, 2.24) is 0 Å². The third-order valence-electron chi connectivity index (χ3n) is 22.2. The second-order valence-electron chi connectivity index (χ2n) is 30.9. The molecule has 11 aromatic carbocycles. The van der Waals surface area contributed by atoms with E-state index in [1.807, 2.05) is 0 Å². The number of benzene rings is 11. The highest BCUT2D eigenvalue weighted by Gasteiger charge is 2.25. The number of aryl methyl sites for hydroxylation is 4. The molecule has 0 bridgehead atoms. The summed E-state index contributed by atoms with van der Waals surface area (Å²) in [4.78, 5) is 4.91. The third-order valence-corrected chi connectivity index (χ3v) is 22.2. The fraction of sp³-hybridized carbons (Fsp3) is 0.333. The number of anilines is 6. The summed E-state index contributed by atoms with van der Waals surface area (Å²) in [7, 11) is 0. The molecular formula is C99H114N2. The van der Waals surface area contributed by atoms with Gasteiger partial charge in [0.05, 0.1) is 0 Å². The van der Waals surface area contributed by atoms with Crippen molar-refractivity contribution in [3.05, 3.63) is 287 Å². The minimum absolute atomic E-state index is 0.142. The zero-order chi connectivity index (χ0) is 71.2. The van der Waals surface area contributed by atoms with Gasteiger partial charge in [0, 0.05) is 34.1 Å². The lowest BCUT2D eigenvalue weighted by atomic mass is 9.77. The number of nitrogens with zero attached hydrogens (tertiary/aromatic N) is 2. The molecule has 2 nitrogen and oxygen atoms in total. The minimum Gasteiger partial charge on any atom is -0.310 e. The van der Waals surface area contributed by atoms with E-state index < -0.39 is 0 Å². The summed E-state index contributed by atoms with van der Waals surface area (Å²) in [5, 5.41) is 0. The molecule has 0 heterocycles. The third kappa shape index (κ3) is 17.7. The first kappa shape index (κ1) is 73.2. The molecule has 0 aromatic heterocycles. The topological polar surface area (TPSA) is 6.48 Å². The first-order chi connectivity index (χ1) is 48.9. The first-order valence-corrected chi connectivity index (χ1v) is 38.7. The van der Waals surface area contributed by atoms with E-state index in [0.717, 1.165) is 91.9 Å². The second-order valence-corrected chi connectivity index (χ2v) is 30.9. The van der Waals surface area contributed by atoms with Crippen LogP contribution in [-0.2, 0) is 36.5 Å². The Kier molecular flexibility index (Phi) is 24.4. The number of hydrogen-bond acceptors (Lipinski definition) is 2. The summed E-state index contributed by atoms with van der Waals surface area (Å²) >= 11 is 0. The van der Waals surface area contributed by atoms with Gasteiger partial charge in [0.2, 0.25) is 0 Å². The van der Waals surface area contributed by atoms with Crippen LogP contribution in [0.1, 0.15) is 198 Å². The molecule has 0 atom stereocenters. The molecule has 0 N–H and O–H groups in total. The molecule has 11 rings (SSSR count). The largest absolute Gasteiger partial charge is 0.310 e. The van der Waals surface area contributed by atoms with E-state index in [2.05, 4.69) is 349 Å². The van der Waals surface area contributed by atoms with Crippen molar-refractivity contribution < 1.29 is 0 Å². The number of rotatable bonds is 31. The van der Waals surface area contributed by atoms with Gasteiger partial charge in [0.25, 0.3) is 0 Å². The zero-order valence-electron chi connectivity index (χ0n) is 63.7. The van der Waals surface area contributed by atoms with Crippen molar-refractivity contribution in [2.45, 2.75) is 204 Å². The SMILES string of the molecule is CCCCCCc1cc(-c2ccc(N(c3ccc(-c4ccc(CC(C)C)cc4)cc3)c3ccc(-c4ccc(C(C)(CC)CC)cc4)cc3)cc2C)c(CCCCCC)cc1-c1ccc(N(c2ccc(-c3ccc(CC(C)C)cc3)cc2)c2ccc(-c3ccc(C(C)(C)CC)cc3)cc2)cc1C. The molecule has 101 heavy (non-hydrogen) atoms. The summed E-state index contributed by atoms with van der Waals surface area (Å²) < 4.78 is 0. The van der Waals surface area contributed by atoms with Gasteiger partial charge >= 0.3 is 0 Å². The lowest BCUT2D eigenvalue weighted by Gasteiger charge is -2.28. The van der Waals surface area contributed by atoms with Gasteiger partial charge in [-0.1, -0.05) is 291 Å². The van der Waals surface area contributed by atoms with Crippen molar-refractivity contribution in [2.75, 3.05) is 9.80 Å². The Bertz CT molecular complexity index is 4430. The van der Waals surface area contributed by atoms with Crippen LogP contribution in [0.3, 0.4) is 0 Å². The van der Waals surface area contributed by atoms with Gasteiger partial charge in [-0.25, -0.2) is 0 Å². The summed E-state index contributed by atoms with van der Waals surface area (Å²) in [6.07, 6.45) is 17.3. The Morgan fingerprint density at radius 1 is 0.287 bits per heavy atom. The highest BCUT2D eigenvalue weighted by molar-refractivity contribution is 5.87. The molecule has 0 spiro atoms. The maximum absolute atomic E-state index is 2.62. The van der Waals surface area contributed by atoms with E-state index in [1.54, 1.807) is 0 Å². The van der Waals surface area contributed by atoms with Crippen molar-refractivity contribution in [2.24, 2.45) is 11.8 Å². The van der Waals surface area contributed by atoms with Gasteiger partial charge < -0.3 is 9.80 Å². The fourth-order valence-corrected chi connectivity index (χ4v) is 15.0. The lowest BCUT2D eigenvalue weighted by Crippen LogP contribution is -2.19. The predicted molar refractivity (Wildman–Crippen MR) is 442 cm³/mol. The van der Waals surface area contributed by atoms with Gasteiger partial charge in [0.1, 0.15) is 0 Å². The van der Waals surface area contributed by atoms with Crippen LogP contribution in [0.5, 0.6) is 0 Å². The fourth-order valence-electron chi connectivity index (χ4n) is 15.0. The normalized spacial score (nSPS) is 11.8. The highest BCUT2D eigenvalue weighted by atomic mass is 15.1. The van der Waals surface area contributed by atoms with Crippen LogP contribution in [0, 0.1) is 25.7 Å². The Balaban J connectivity index is 0.973. The Labute approximate surface area is 610 Å². The monoisotopic (exact) mass is 1330 g/mol. The van der Waals surface area contributed by atoms with E-state index in [4.69, 9.17) is 0 Å². The number of unbranched alkanes of at least 4 members (excludes halogenated alkanes) is 6. The Hall–Kier alpha value is -8.98. The van der Waals surface area contributed by atoms with Crippen LogP contribution in [0.15, 0.2) is 243 Å². The second kappa shape index (κ2) is 33.7. The summed E-state index contributed by atoms with van der Waals surface area (Å²) in [6, 6.07) is 93.7. The van der Waals surface area contributed by atoms with Crippen LogP contribution >= 0.6 is 0 Å². The van der Waals surface area contributed by atoms with Crippen LogP contribution in [-0.4, -0.2) is 0 Å². The van der Waals surface area contributed by atoms with E-state index in [9.17, 15) is 0 Å². The van der Waals surface area contributed by atoms with Gasteiger partial charge in [-0.3, -0.25) is 0 Å². The molecule has 0 saturated heterocycles. The van der Waals surface area contributed by atoms with Crippen LogP contribution in [0.4, 0.5) is 34.1 Å². The van der Waals surface area contributed by atoms with Gasteiger partial charge in [-0.2, -0.15) is 0 Å². The molecule has 0 aliphatic carbocycles. The molecule has 0 unspecified atom stereocenters. The average molecular weight is 1330 g/mol. The standard InChI is InChI=1S/C99H114N2/c1-15-20-22-24-26-84-69-97(95-63-61-93(67-73(95)11)101(89-54-42-81(43-55-89)77-34-30-75(31-35-77)65-71(8)9)91-58-46-83(47-59-91)79-38-50-87(51-39-79)99(14,18-4)19-5)85(27-25-23-21-16-2)68-96(84)94-62-60-92(66-72(94)10)100(88-52-40-80(41-53-88)76-32-28-74(29-33-76)64-70(6)7)90-56-44-82(45-57-90)78-36-48-86(49-37-78)98(12,13)17-3/h28-63,66-71H,15-27,64-65H2,1-14H3. The Morgan fingerprint density at radius 2 is 0.574 bits per heavy atom. The van der Waals surface area contributed by atoms with Crippen LogP contribution in [0.25, 0.3) is 66.8 Å². The minimum atomic E-state index is 0.142. The molecule has 0 saturated carbocycles. The van der Waals surface area contributed by atoms with Crippen molar-refractivity contribution in [3.63, 3.8) is 0 Å². The molecule has 0 fully saturated rings. The molecule has 2 heteroatoms.